The van der Waals surface area contributed by atoms with Crippen molar-refractivity contribution < 1.29 is 22.9 Å². The van der Waals surface area contributed by atoms with Crippen molar-refractivity contribution in [2.45, 2.75) is 46.1 Å². The maximum atomic E-state index is 14.2. The van der Waals surface area contributed by atoms with Crippen molar-refractivity contribution in [1.82, 2.24) is 4.90 Å². The number of nitrogens with two attached hydrogens (primary N) is 1. The van der Waals surface area contributed by atoms with E-state index in [-0.39, 0.29) is 17.5 Å². The molecule has 0 spiro atoms. The summed E-state index contributed by atoms with van der Waals surface area (Å²) in [6.45, 7) is 11.6. The third-order valence-electron chi connectivity index (χ3n) is 5.87. The second-order valence-corrected chi connectivity index (χ2v) is 9.19. The zero-order chi connectivity index (χ0) is 22.1. The molecule has 0 saturated carbocycles. The van der Waals surface area contributed by atoms with Crippen LogP contribution in [0.2, 0.25) is 0 Å². The molecule has 0 unspecified atom stereocenters. The predicted molar refractivity (Wildman–Crippen MR) is 114 cm³/mol. The first-order valence-corrected chi connectivity index (χ1v) is 10.6. The van der Waals surface area contributed by atoms with Gasteiger partial charge in [0.1, 0.15) is 11.3 Å². The Labute approximate surface area is 177 Å². The highest BCUT2D eigenvalue weighted by Gasteiger charge is 2.32. The van der Waals surface area contributed by atoms with Crippen LogP contribution in [0, 0.1) is 17.6 Å². The van der Waals surface area contributed by atoms with Gasteiger partial charge in [-0.15, -0.1) is 0 Å². The molecule has 2 N–H and O–H groups in total. The van der Waals surface area contributed by atoms with Crippen molar-refractivity contribution in [3.05, 3.63) is 23.8 Å². The number of nitrogens with zero attached hydrogens (tertiary/aromatic N) is 3. The molecule has 166 valence electrons. The van der Waals surface area contributed by atoms with Gasteiger partial charge in [0, 0.05) is 31.6 Å². The first kappa shape index (κ1) is 22.3. The molecule has 2 aliphatic heterocycles. The number of hydrogen-bond acceptors (Lipinski definition) is 4. The summed E-state index contributed by atoms with van der Waals surface area (Å²) in [6, 6.07) is 2.33. The summed E-state index contributed by atoms with van der Waals surface area (Å²) in [7, 11) is 0. The summed E-state index contributed by atoms with van der Waals surface area (Å²) in [5, 5.41) is 0. The summed E-state index contributed by atoms with van der Waals surface area (Å²) >= 11 is 0. The largest absolute Gasteiger partial charge is 0.444 e. The lowest BCUT2D eigenvalue weighted by Gasteiger charge is -2.34. The van der Waals surface area contributed by atoms with Gasteiger partial charge in [-0.2, -0.15) is 0 Å². The molecule has 0 aromatic heterocycles. The van der Waals surface area contributed by atoms with Gasteiger partial charge in [0.05, 0.1) is 13.1 Å². The van der Waals surface area contributed by atoms with Gasteiger partial charge in [0.25, 0.3) is 0 Å². The van der Waals surface area contributed by atoms with E-state index in [4.69, 9.17) is 10.5 Å². The molecule has 1 aromatic carbocycles. The molecule has 0 atom stereocenters. The molecule has 1 aromatic rings. The SMILES string of the molecule is CC(C1CCN(C(=O)OC(C)(C)C)CC1)=[N+]1CCN(c2c(F)cc(N)cc2F)CC1. The molecule has 2 saturated heterocycles. The van der Waals surface area contributed by atoms with E-state index < -0.39 is 17.2 Å². The number of anilines is 2. The first-order chi connectivity index (χ1) is 14.0. The minimum absolute atomic E-state index is 0.00664. The Morgan fingerprint density at radius 1 is 1.10 bits per heavy atom. The van der Waals surface area contributed by atoms with Crippen LogP contribution in [-0.2, 0) is 4.74 Å². The van der Waals surface area contributed by atoms with Crippen LogP contribution < -0.4 is 10.6 Å². The van der Waals surface area contributed by atoms with E-state index in [0.29, 0.717) is 45.2 Å². The number of carbonyl (C=O) groups excluding carboxylic acids is 1. The minimum Gasteiger partial charge on any atom is -0.444 e. The van der Waals surface area contributed by atoms with Gasteiger partial charge in [-0.05, 0) is 45.7 Å². The lowest BCUT2D eigenvalue weighted by molar-refractivity contribution is -0.532. The number of likely N-dealkylation sites (tertiary alicyclic amines) is 1. The molecule has 1 amide bonds. The van der Waals surface area contributed by atoms with E-state index in [9.17, 15) is 13.6 Å². The van der Waals surface area contributed by atoms with Gasteiger partial charge in [0.15, 0.2) is 30.4 Å². The molecular formula is C22H33F2N4O2+. The van der Waals surface area contributed by atoms with Crippen LogP contribution in [0.1, 0.15) is 40.5 Å². The summed E-state index contributed by atoms with van der Waals surface area (Å²) in [4.78, 5) is 15.8. The van der Waals surface area contributed by atoms with Crippen molar-refractivity contribution in [3.63, 3.8) is 0 Å². The monoisotopic (exact) mass is 423 g/mol. The number of carbonyl (C=O) groups is 1. The fourth-order valence-electron chi connectivity index (χ4n) is 4.23. The number of halogens is 2. The van der Waals surface area contributed by atoms with Gasteiger partial charge in [-0.1, -0.05) is 0 Å². The van der Waals surface area contributed by atoms with Crippen molar-refractivity contribution in [1.29, 1.82) is 0 Å². The average molecular weight is 424 g/mol. The van der Waals surface area contributed by atoms with Crippen LogP contribution in [-0.4, -0.2) is 66.1 Å². The smallest absolute Gasteiger partial charge is 0.410 e. The highest BCUT2D eigenvalue weighted by Crippen LogP contribution is 2.27. The minimum atomic E-state index is -0.615. The zero-order valence-electron chi connectivity index (χ0n) is 18.4. The topological polar surface area (TPSA) is 61.8 Å². The maximum Gasteiger partial charge on any atom is 0.410 e. The van der Waals surface area contributed by atoms with E-state index >= 15 is 0 Å². The van der Waals surface area contributed by atoms with Crippen LogP contribution in [0.25, 0.3) is 0 Å². The highest BCUT2D eigenvalue weighted by atomic mass is 19.1. The summed E-state index contributed by atoms with van der Waals surface area (Å²) < 4.78 is 36.2. The van der Waals surface area contributed by atoms with Crippen molar-refractivity contribution >= 4 is 23.2 Å². The lowest BCUT2D eigenvalue weighted by atomic mass is 9.92. The second-order valence-electron chi connectivity index (χ2n) is 9.19. The zero-order valence-corrected chi connectivity index (χ0v) is 18.4. The van der Waals surface area contributed by atoms with Gasteiger partial charge >= 0.3 is 6.09 Å². The molecule has 2 aliphatic rings. The number of amides is 1. The Bertz CT molecular complexity index is 794. The maximum absolute atomic E-state index is 14.2. The lowest BCUT2D eigenvalue weighted by Crippen LogP contribution is -2.47. The summed E-state index contributed by atoms with van der Waals surface area (Å²) in [5.41, 5.74) is 6.42. The van der Waals surface area contributed by atoms with Gasteiger partial charge in [-0.3, -0.25) is 0 Å². The molecule has 0 aliphatic carbocycles. The van der Waals surface area contributed by atoms with E-state index in [1.54, 1.807) is 9.80 Å². The van der Waals surface area contributed by atoms with E-state index in [1.807, 2.05) is 20.8 Å². The average Bonchev–Trinajstić information content (AvgIpc) is 2.66. The number of benzene rings is 1. The van der Waals surface area contributed by atoms with Crippen molar-refractivity contribution in [2.75, 3.05) is 49.9 Å². The third-order valence-corrected chi connectivity index (χ3v) is 5.87. The normalized spacial score (nSPS) is 18.5. The molecule has 2 heterocycles. The summed E-state index contributed by atoms with van der Waals surface area (Å²) in [5.74, 6) is -0.826. The van der Waals surface area contributed by atoms with Crippen LogP contribution >= 0.6 is 0 Å². The Hall–Kier alpha value is -2.38. The first-order valence-electron chi connectivity index (χ1n) is 10.6. The Morgan fingerprint density at radius 3 is 2.13 bits per heavy atom. The molecule has 3 rings (SSSR count). The Kier molecular flexibility index (Phi) is 6.53. The van der Waals surface area contributed by atoms with Crippen molar-refractivity contribution in [3.8, 4) is 0 Å². The molecule has 6 nitrogen and oxygen atoms in total. The van der Waals surface area contributed by atoms with Crippen LogP contribution in [0.3, 0.4) is 0 Å². The van der Waals surface area contributed by atoms with Gasteiger partial charge < -0.3 is 20.3 Å². The molecular weight excluding hydrogens is 390 g/mol. The number of rotatable bonds is 2. The number of nitrogen functional groups attached to an aromatic ring is 1. The Morgan fingerprint density at radius 2 is 1.63 bits per heavy atom. The van der Waals surface area contributed by atoms with Gasteiger partial charge in [0.2, 0.25) is 0 Å². The fraction of sp³-hybridized carbons (Fsp3) is 0.636. The number of ether oxygens (including phenoxy) is 1. The highest BCUT2D eigenvalue weighted by molar-refractivity contribution is 5.80. The molecule has 0 radical (unpaired) electrons. The quantitative estimate of drug-likeness (QED) is 0.584. The molecule has 2 fully saturated rings. The number of hydrogen-bond donors (Lipinski definition) is 1. The van der Waals surface area contributed by atoms with E-state index in [0.717, 1.165) is 12.8 Å². The predicted octanol–water partition coefficient (Wildman–Crippen LogP) is 3.49. The van der Waals surface area contributed by atoms with E-state index in [2.05, 4.69) is 11.5 Å². The second kappa shape index (κ2) is 8.78. The Balaban J connectivity index is 1.58. The van der Waals surface area contributed by atoms with Crippen molar-refractivity contribution in [2.24, 2.45) is 5.92 Å². The standard InChI is InChI=1S/C22H33F2N4O2/c1-15(16-5-7-28(8-6-16)21(29)30-22(2,3)4)26-9-11-27(12-10-26)20-18(23)13-17(25)14-19(20)24/h13-14,16H,5-12,25H2,1-4H3/q+1. The molecule has 8 heteroatoms. The van der Waals surface area contributed by atoms with E-state index in [1.165, 1.54) is 17.8 Å². The van der Waals surface area contributed by atoms with Crippen LogP contribution in [0.5, 0.6) is 0 Å². The third kappa shape index (κ3) is 5.21. The molecule has 30 heavy (non-hydrogen) atoms. The fourth-order valence-corrected chi connectivity index (χ4v) is 4.23. The number of piperidine rings is 1. The summed E-state index contributed by atoms with van der Waals surface area (Å²) in [6.07, 6.45) is 1.54. The van der Waals surface area contributed by atoms with Crippen LogP contribution in [0.15, 0.2) is 12.1 Å². The van der Waals surface area contributed by atoms with Gasteiger partial charge in [-0.25, -0.2) is 18.2 Å². The van der Waals surface area contributed by atoms with Crippen LogP contribution in [0.4, 0.5) is 25.0 Å². The number of piperazine rings is 1. The molecule has 0 bridgehead atoms.